The number of carbonyl (C=O) groups is 2. The molecule has 0 bridgehead atoms. The van der Waals surface area contributed by atoms with Crippen molar-refractivity contribution in [2.75, 3.05) is 44.6 Å². The smallest absolute Gasteiger partial charge is 0.258 e. The summed E-state index contributed by atoms with van der Waals surface area (Å²) >= 11 is 0. The van der Waals surface area contributed by atoms with Gasteiger partial charge in [0.2, 0.25) is 15.9 Å². The summed E-state index contributed by atoms with van der Waals surface area (Å²) in [6, 6.07) is 16.8. The zero-order chi connectivity index (χ0) is 26.7. The van der Waals surface area contributed by atoms with Gasteiger partial charge in [-0.1, -0.05) is 6.07 Å². The van der Waals surface area contributed by atoms with Gasteiger partial charge in [-0.05, 0) is 79.1 Å². The summed E-state index contributed by atoms with van der Waals surface area (Å²) in [7, 11) is 0.550. The molecule has 3 aromatic rings. The van der Waals surface area contributed by atoms with E-state index in [0.717, 1.165) is 9.87 Å². The van der Waals surface area contributed by atoms with E-state index in [1.807, 2.05) is 6.07 Å². The van der Waals surface area contributed by atoms with Crippen LogP contribution in [0.25, 0.3) is 0 Å². The molecule has 37 heavy (non-hydrogen) atoms. The number of nitrogens with zero attached hydrogens (tertiary/aromatic N) is 2. The molecule has 0 radical (unpaired) electrons. The molecular formula is C27H29N3O6S. The first-order valence-electron chi connectivity index (χ1n) is 11.6. The van der Waals surface area contributed by atoms with E-state index in [9.17, 15) is 18.0 Å². The van der Waals surface area contributed by atoms with Crippen LogP contribution < -0.4 is 19.7 Å². The van der Waals surface area contributed by atoms with Gasteiger partial charge in [0, 0.05) is 30.5 Å². The number of nitrogens with one attached hydrogen (secondary N) is 1. The molecule has 0 saturated heterocycles. The number of benzene rings is 3. The Balaban J connectivity index is 1.46. The molecule has 2 amide bonds. The predicted octanol–water partition coefficient (Wildman–Crippen LogP) is 3.47. The van der Waals surface area contributed by atoms with Crippen molar-refractivity contribution >= 4 is 33.2 Å². The summed E-state index contributed by atoms with van der Waals surface area (Å²) in [6.45, 7) is 1.90. The summed E-state index contributed by atoms with van der Waals surface area (Å²) in [5, 5.41) is 2.75. The Kier molecular flexibility index (Phi) is 7.51. The van der Waals surface area contributed by atoms with Crippen LogP contribution >= 0.6 is 0 Å². The second-order valence-electron chi connectivity index (χ2n) is 8.72. The van der Waals surface area contributed by atoms with Crippen molar-refractivity contribution in [1.29, 1.82) is 0 Å². The molecular weight excluding hydrogens is 494 g/mol. The van der Waals surface area contributed by atoms with Gasteiger partial charge in [-0.15, -0.1) is 0 Å². The van der Waals surface area contributed by atoms with Crippen LogP contribution in [0, 0.1) is 6.92 Å². The Labute approximate surface area is 216 Å². The normalized spacial score (nSPS) is 12.8. The zero-order valence-corrected chi connectivity index (χ0v) is 22.0. The fourth-order valence-corrected chi connectivity index (χ4v) is 5.45. The summed E-state index contributed by atoms with van der Waals surface area (Å²) in [6.07, 6.45) is 0.702. The van der Waals surface area contributed by atoms with E-state index >= 15 is 0 Å². The zero-order valence-electron chi connectivity index (χ0n) is 21.1. The molecule has 0 saturated carbocycles. The minimum Gasteiger partial charge on any atom is -0.497 e. The number of aryl methyl sites for hydroxylation is 1. The number of carbonyl (C=O) groups excluding carboxylic acids is 2. The Morgan fingerprint density at radius 2 is 1.73 bits per heavy atom. The van der Waals surface area contributed by atoms with Gasteiger partial charge in [-0.2, -0.15) is 4.31 Å². The molecule has 0 fully saturated rings. The number of fused-ring (bicyclic) bond motifs is 1. The first kappa shape index (κ1) is 26.2. The molecule has 1 heterocycles. The quantitative estimate of drug-likeness (QED) is 0.485. The topological polar surface area (TPSA) is 105 Å². The lowest BCUT2D eigenvalue weighted by Crippen LogP contribution is -2.35. The molecule has 1 N–H and O–H groups in total. The highest BCUT2D eigenvalue weighted by atomic mass is 32.2. The molecule has 0 atom stereocenters. The third kappa shape index (κ3) is 5.45. The van der Waals surface area contributed by atoms with Gasteiger partial charge in [0.15, 0.2) is 0 Å². The Bertz CT molecular complexity index is 1440. The average molecular weight is 524 g/mol. The van der Waals surface area contributed by atoms with Crippen LogP contribution in [0.1, 0.15) is 21.5 Å². The molecule has 0 aromatic heterocycles. The molecule has 0 spiro atoms. The Hall–Kier alpha value is -3.89. The number of rotatable bonds is 8. The lowest BCUT2D eigenvalue weighted by Gasteiger charge is -2.19. The number of amides is 2. The minimum absolute atomic E-state index is 0.0753. The van der Waals surface area contributed by atoms with Crippen molar-refractivity contribution in [3.8, 4) is 11.5 Å². The Morgan fingerprint density at radius 1 is 1.00 bits per heavy atom. The number of methoxy groups -OCH3 is 2. The summed E-state index contributed by atoms with van der Waals surface area (Å²) in [5.41, 5.74) is 3.39. The number of hydrogen-bond acceptors (Lipinski definition) is 6. The number of likely N-dealkylation sites (N-methyl/N-ethyl adjacent to an activating group) is 1. The summed E-state index contributed by atoms with van der Waals surface area (Å²) in [4.78, 5) is 27.6. The largest absolute Gasteiger partial charge is 0.497 e. The lowest BCUT2D eigenvalue weighted by atomic mass is 10.1. The first-order chi connectivity index (χ1) is 17.6. The van der Waals surface area contributed by atoms with Crippen molar-refractivity contribution in [2.45, 2.75) is 18.2 Å². The van der Waals surface area contributed by atoms with Crippen molar-refractivity contribution in [1.82, 2.24) is 4.31 Å². The highest BCUT2D eigenvalue weighted by Crippen LogP contribution is 2.32. The van der Waals surface area contributed by atoms with Crippen molar-refractivity contribution in [3.63, 3.8) is 0 Å². The molecule has 0 aliphatic carbocycles. The van der Waals surface area contributed by atoms with Crippen LogP contribution in [0.3, 0.4) is 0 Å². The van der Waals surface area contributed by atoms with E-state index in [0.29, 0.717) is 47.0 Å². The molecule has 3 aromatic carbocycles. The second kappa shape index (κ2) is 10.6. The van der Waals surface area contributed by atoms with Crippen LogP contribution in [-0.2, 0) is 21.2 Å². The van der Waals surface area contributed by atoms with Gasteiger partial charge < -0.3 is 19.7 Å². The Morgan fingerprint density at radius 3 is 2.38 bits per heavy atom. The van der Waals surface area contributed by atoms with Crippen LogP contribution in [0.5, 0.6) is 11.5 Å². The van der Waals surface area contributed by atoms with E-state index in [4.69, 9.17) is 9.47 Å². The minimum atomic E-state index is -3.88. The second-order valence-corrected chi connectivity index (χ2v) is 10.8. The fraction of sp³-hybridized carbons (Fsp3) is 0.259. The van der Waals surface area contributed by atoms with Gasteiger partial charge in [0.05, 0.1) is 25.7 Å². The van der Waals surface area contributed by atoms with E-state index < -0.39 is 15.9 Å². The number of ether oxygens (including phenoxy) is 2. The van der Waals surface area contributed by atoms with Crippen molar-refractivity contribution in [3.05, 3.63) is 77.4 Å². The third-order valence-corrected chi connectivity index (χ3v) is 8.09. The molecule has 9 nitrogen and oxygen atoms in total. The summed E-state index contributed by atoms with van der Waals surface area (Å²) < 4.78 is 37.3. The maximum absolute atomic E-state index is 13.1. The highest BCUT2D eigenvalue weighted by molar-refractivity contribution is 7.89. The number of anilines is 2. The van der Waals surface area contributed by atoms with Gasteiger partial charge in [0.25, 0.3) is 5.91 Å². The molecule has 0 unspecified atom stereocenters. The van der Waals surface area contributed by atoms with Gasteiger partial charge >= 0.3 is 0 Å². The molecule has 1 aliphatic heterocycles. The predicted molar refractivity (Wildman–Crippen MR) is 141 cm³/mol. The van der Waals surface area contributed by atoms with Crippen LogP contribution in [0.15, 0.2) is 65.6 Å². The molecule has 194 valence electrons. The first-order valence-corrected chi connectivity index (χ1v) is 13.1. The van der Waals surface area contributed by atoms with Crippen molar-refractivity contribution < 1.29 is 27.5 Å². The van der Waals surface area contributed by atoms with Gasteiger partial charge in [-0.3, -0.25) is 9.59 Å². The SMILES string of the molecule is COc1ccc(C(=O)N2CCc3ccc(NC(=O)CN(C)S(=O)(=O)c4ccc(OC)c(C)c4)cc32)cc1. The van der Waals surface area contributed by atoms with E-state index in [2.05, 4.69) is 5.32 Å². The van der Waals surface area contributed by atoms with Crippen molar-refractivity contribution in [2.24, 2.45) is 0 Å². The summed E-state index contributed by atoms with van der Waals surface area (Å²) in [5.74, 6) is 0.598. The monoisotopic (exact) mass is 523 g/mol. The molecule has 10 heteroatoms. The maximum Gasteiger partial charge on any atom is 0.258 e. The van der Waals surface area contributed by atoms with Crippen LogP contribution in [0.2, 0.25) is 0 Å². The maximum atomic E-state index is 13.1. The lowest BCUT2D eigenvalue weighted by molar-refractivity contribution is -0.116. The molecule has 4 rings (SSSR count). The van der Waals surface area contributed by atoms with E-state index in [-0.39, 0.29) is 17.3 Å². The van der Waals surface area contributed by atoms with Gasteiger partial charge in [-0.25, -0.2) is 8.42 Å². The standard InChI is InChI=1S/C27H29N3O6S/c1-18-15-23(11-12-25(18)36-4)37(33,34)29(2)17-26(31)28-21-8-5-19-13-14-30(24(19)16-21)27(32)20-6-9-22(35-3)10-7-20/h5-12,15-16H,13-14,17H2,1-4H3,(H,28,31). The van der Waals surface area contributed by atoms with Gasteiger partial charge in [0.1, 0.15) is 11.5 Å². The van der Waals surface area contributed by atoms with E-state index in [1.54, 1.807) is 61.4 Å². The van der Waals surface area contributed by atoms with Crippen LogP contribution in [0.4, 0.5) is 11.4 Å². The highest BCUT2D eigenvalue weighted by Gasteiger charge is 2.27. The van der Waals surface area contributed by atoms with E-state index in [1.165, 1.54) is 26.3 Å². The fourth-order valence-electron chi connectivity index (χ4n) is 4.24. The number of sulfonamides is 1. The third-order valence-electron chi connectivity index (χ3n) is 6.29. The molecule has 1 aliphatic rings. The van der Waals surface area contributed by atoms with Crippen LogP contribution in [-0.4, -0.2) is 58.9 Å². The average Bonchev–Trinajstić information content (AvgIpc) is 3.31. The number of hydrogen-bond donors (Lipinski definition) is 1.